The number of hydrogen-bond donors (Lipinski definition) is 0. The van der Waals surface area contributed by atoms with E-state index >= 15 is 0 Å². The Morgan fingerprint density at radius 3 is 2.31 bits per heavy atom. The maximum atomic E-state index is 12.7. The van der Waals surface area contributed by atoms with E-state index < -0.39 is 10.0 Å². The van der Waals surface area contributed by atoms with E-state index in [4.69, 9.17) is 0 Å². The quantitative estimate of drug-likeness (QED) is 0.702. The van der Waals surface area contributed by atoms with Crippen molar-refractivity contribution in [2.75, 3.05) is 13.1 Å². The lowest BCUT2D eigenvalue weighted by Crippen LogP contribution is -2.41. The summed E-state index contributed by atoms with van der Waals surface area (Å²) in [6, 6.07) is 15.4. The second kappa shape index (κ2) is 6.62. The lowest BCUT2D eigenvalue weighted by atomic mass is 10.1. The number of hydrogen-bond acceptors (Lipinski definition) is 5. The van der Waals surface area contributed by atoms with Gasteiger partial charge in [0.1, 0.15) is 5.52 Å². The summed E-state index contributed by atoms with van der Waals surface area (Å²) in [5.41, 5.74) is 0.387. The molecule has 1 aromatic heterocycles. The molecule has 1 saturated heterocycles. The Morgan fingerprint density at radius 1 is 0.923 bits per heavy atom. The molecule has 0 N–H and O–H groups in total. The van der Waals surface area contributed by atoms with Crippen LogP contribution < -0.4 is 5.56 Å². The molecule has 2 heterocycles. The van der Waals surface area contributed by atoms with Crippen LogP contribution in [0, 0.1) is 0 Å². The molecule has 0 radical (unpaired) electrons. The smallest absolute Gasteiger partial charge is 0.267 e. The Bertz CT molecular complexity index is 1090. The van der Waals surface area contributed by atoms with Crippen LogP contribution in [0.1, 0.15) is 18.9 Å². The largest absolute Gasteiger partial charge is 0.277 e. The van der Waals surface area contributed by atoms with Gasteiger partial charge in [0.05, 0.1) is 16.3 Å². The van der Waals surface area contributed by atoms with Crippen LogP contribution in [-0.4, -0.2) is 40.8 Å². The van der Waals surface area contributed by atoms with Crippen LogP contribution in [0.2, 0.25) is 0 Å². The average Bonchev–Trinajstić information content (AvgIpc) is 2.69. The fraction of sp³-hybridized carbons (Fsp3) is 0.278. The molecule has 0 unspecified atom stereocenters. The van der Waals surface area contributed by atoms with Crippen molar-refractivity contribution < 1.29 is 8.42 Å². The molecule has 7 nitrogen and oxygen atoms in total. The van der Waals surface area contributed by atoms with E-state index in [2.05, 4.69) is 10.3 Å². The van der Waals surface area contributed by atoms with E-state index in [1.54, 1.807) is 48.5 Å². The topological polar surface area (TPSA) is 85.2 Å². The summed E-state index contributed by atoms with van der Waals surface area (Å²) in [7, 11) is -3.50. The van der Waals surface area contributed by atoms with E-state index in [0.717, 1.165) is 0 Å². The Morgan fingerprint density at radius 2 is 1.58 bits per heavy atom. The van der Waals surface area contributed by atoms with Crippen LogP contribution in [0.15, 0.2) is 64.3 Å². The minimum atomic E-state index is -3.50. The van der Waals surface area contributed by atoms with Gasteiger partial charge < -0.3 is 0 Å². The van der Waals surface area contributed by atoms with Crippen molar-refractivity contribution in [1.29, 1.82) is 0 Å². The van der Waals surface area contributed by atoms with Crippen molar-refractivity contribution in [2.45, 2.75) is 23.8 Å². The minimum absolute atomic E-state index is 0.151. The van der Waals surface area contributed by atoms with Crippen LogP contribution in [-0.2, 0) is 10.0 Å². The first kappa shape index (κ1) is 16.9. The van der Waals surface area contributed by atoms with Gasteiger partial charge in [-0.1, -0.05) is 35.5 Å². The first-order valence-electron chi connectivity index (χ1n) is 8.47. The highest BCUT2D eigenvalue weighted by Crippen LogP contribution is 2.25. The van der Waals surface area contributed by atoms with Gasteiger partial charge in [0.2, 0.25) is 10.0 Å². The highest BCUT2D eigenvalue weighted by Gasteiger charge is 2.30. The zero-order chi connectivity index (χ0) is 18.1. The van der Waals surface area contributed by atoms with E-state index in [1.807, 2.05) is 6.07 Å². The summed E-state index contributed by atoms with van der Waals surface area (Å²) in [6.45, 7) is 0.700. The lowest BCUT2D eigenvalue weighted by molar-refractivity contribution is 0.251. The number of piperidine rings is 1. The molecule has 0 saturated carbocycles. The molecule has 1 fully saturated rings. The molecule has 134 valence electrons. The summed E-state index contributed by atoms with van der Waals surface area (Å²) in [5.74, 6) is 0. The second-order valence-corrected chi connectivity index (χ2v) is 8.24. The van der Waals surface area contributed by atoms with Gasteiger partial charge in [-0.15, -0.1) is 5.10 Å². The van der Waals surface area contributed by atoms with Crippen LogP contribution in [0.3, 0.4) is 0 Å². The molecule has 0 bridgehead atoms. The molecular formula is C18H18N4O3S. The molecule has 26 heavy (non-hydrogen) atoms. The number of benzene rings is 2. The molecule has 8 heteroatoms. The van der Waals surface area contributed by atoms with Crippen molar-refractivity contribution >= 4 is 20.9 Å². The standard InChI is InChI=1S/C18H18N4O3S/c23-18-16-8-4-5-9-17(16)19-20-22(18)14-10-12-21(13-11-14)26(24,25)15-6-2-1-3-7-15/h1-9,14H,10-13H2. The summed E-state index contributed by atoms with van der Waals surface area (Å²) in [6.07, 6.45) is 1.05. The maximum Gasteiger partial charge on any atom is 0.277 e. The monoisotopic (exact) mass is 370 g/mol. The normalized spacial score (nSPS) is 16.8. The Hall–Kier alpha value is -2.58. The molecule has 0 aliphatic carbocycles. The fourth-order valence-corrected chi connectivity index (χ4v) is 4.80. The molecule has 0 spiro atoms. The summed E-state index contributed by atoms with van der Waals surface area (Å²) in [4.78, 5) is 12.9. The third kappa shape index (κ3) is 2.91. The second-order valence-electron chi connectivity index (χ2n) is 6.30. The zero-order valence-corrected chi connectivity index (χ0v) is 14.8. The van der Waals surface area contributed by atoms with Crippen molar-refractivity contribution in [3.05, 3.63) is 65.0 Å². The first-order chi connectivity index (χ1) is 12.6. The lowest BCUT2D eigenvalue weighted by Gasteiger charge is -2.31. The summed E-state index contributed by atoms with van der Waals surface area (Å²) in [5, 5.41) is 8.70. The Kier molecular flexibility index (Phi) is 4.29. The Labute approximate surface area is 150 Å². The minimum Gasteiger partial charge on any atom is -0.267 e. The third-order valence-corrected chi connectivity index (χ3v) is 6.65. The predicted molar refractivity (Wildman–Crippen MR) is 97.3 cm³/mol. The zero-order valence-electron chi connectivity index (χ0n) is 14.0. The van der Waals surface area contributed by atoms with Crippen molar-refractivity contribution in [2.24, 2.45) is 0 Å². The molecule has 2 aromatic carbocycles. The number of sulfonamides is 1. The molecule has 0 amide bonds. The number of fused-ring (bicyclic) bond motifs is 1. The molecule has 1 aliphatic rings. The van der Waals surface area contributed by atoms with Gasteiger partial charge in [-0.2, -0.15) is 4.31 Å². The summed E-state index contributed by atoms with van der Waals surface area (Å²) >= 11 is 0. The van der Waals surface area contributed by atoms with Crippen molar-refractivity contribution in [3.63, 3.8) is 0 Å². The third-order valence-electron chi connectivity index (χ3n) is 4.74. The van der Waals surface area contributed by atoms with Crippen LogP contribution in [0.25, 0.3) is 10.9 Å². The predicted octanol–water partition coefficient (Wildman–Crippen LogP) is 1.82. The molecule has 4 rings (SSSR count). The maximum absolute atomic E-state index is 12.7. The van der Waals surface area contributed by atoms with Crippen molar-refractivity contribution in [1.82, 2.24) is 19.3 Å². The van der Waals surface area contributed by atoms with Gasteiger partial charge in [-0.25, -0.2) is 13.1 Å². The van der Waals surface area contributed by atoms with Gasteiger partial charge in [0, 0.05) is 13.1 Å². The highest BCUT2D eigenvalue weighted by atomic mass is 32.2. The first-order valence-corrected chi connectivity index (χ1v) is 9.91. The number of rotatable bonds is 3. The average molecular weight is 370 g/mol. The SMILES string of the molecule is O=c1c2ccccc2nnn1C1CCN(S(=O)(=O)c2ccccc2)CC1. The summed E-state index contributed by atoms with van der Waals surface area (Å²) < 4.78 is 28.3. The van der Waals surface area contributed by atoms with E-state index in [-0.39, 0.29) is 11.6 Å². The van der Waals surface area contributed by atoms with Crippen molar-refractivity contribution in [3.8, 4) is 0 Å². The van der Waals surface area contributed by atoms with E-state index in [9.17, 15) is 13.2 Å². The molecular weight excluding hydrogens is 352 g/mol. The van der Waals surface area contributed by atoms with Gasteiger partial charge in [0.15, 0.2) is 0 Å². The van der Waals surface area contributed by atoms with Gasteiger partial charge in [-0.3, -0.25) is 4.79 Å². The molecule has 0 atom stereocenters. The highest BCUT2D eigenvalue weighted by molar-refractivity contribution is 7.89. The van der Waals surface area contributed by atoms with Gasteiger partial charge in [0.25, 0.3) is 5.56 Å². The fourth-order valence-electron chi connectivity index (χ4n) is 3.31. The van der Waals surface area contributed by atoms with Crippen LogP contribution >= 0.6 is 0 Å². The molecule has 1 aliphatic heterocycles. The van der Waals surface area contributed by atoms with E-state index in [0.29, 0.717) is 41.7 Å². The van der Waals surface area contributed by atoms with Crippen LogP contribution in [0.4, 0.5) is 0 Å². The molecule has 3 aromatic rings. The van der Waals surface area contributed by atoms with Gasteiger partial charge >= 0.3 is 0 Å². The van der Waals surface area contributed by atoms with E-state index in [1.165, 1.54) is 8.99 Å². The van der Waals surface area contributed by atoms with Crippen LogP contribution in [0.5, 0.6) is 0 Å². The van der Waals surface area contributed by atoms with Gasteiger partial charge in [-0.05, 0) is 37.1 Å². The number of aromatic nitrogens is 3. The number of nitrogens with zero attached hydrogens (tertiary/aromatic N) is 4. The Balaban J connectivity index is 1.56.